The first-order valence-electron chi connectivity index (χ1n) is 32.0. The molecule has 0 rings (SSSR count). The molecule has 0 saturated heterocycles. The van der Waals surface area contributed by atoms with Gasteiger partial charge in [-0.2, -0.15) is 0 Å². The molecular weight excluding hydrogens is 973 g/mol. The van der Waals surface area contributed by atoms with E-state index in [0.717, 1.165) is 116 Å². The number of allylic oxidation sites excluding steroid dienone is 26. The van der Waals surface area contributed by atoms with E-state index in [1.165, 1.54) is 96.3 Å². The van der Waals surface area contributed by atoms with Crippen LogP contribution in [-0.4, -0.2) is 37.2 Å². The van der Waals surface area contributed by atoms with Crippen LogP contribution >= 0.6 is 0 Å². The van der Waals surface area contributed by atoms with Crippen LogP contribution in [0.4, 0.5) is 0 Å². The van der Waals surface area contributed by atoms with Crippen molar-refractivity contribution in [1.29, 1.82) is 0 Å². The smallest absolute Gasteiger partial charge is 0.306 e. The van der Waals surface area contributed by atoms with Crippen LogP contribution in [0, 0.1) is 0 Å². The van der Waals surface area contributed by atoms with Crippen LogP contribution in [0.1, 0.15) is 265 Å². The third-order valence-corrected chi connectivity index (χ3v) is 13.0. The molecule has 0 bridgehead atoms. The Labute approximate surface area is 486 Å². The molecule has 0 N–H and O–H groups in total. The monoisotopic (exact) mass is 1090 g/mol. The van der Waals surface area contributed by atoms with Gasteiger partial charge in [-0.3, -0.25) is 14.4 Å². The highest BCUT2D eigenvalue weighted by Gasteiger charge is 2.19. The van der Waals surface area contributed by atoms with Gasteiger partial charge in [-0.25, -0.2) is 0 Å². The van der Waals surface area contributed by atoms with Crippen LogP contribution < -0.4 is 0 Å². The first-order chi connectivity index (χ1) is 39.0. The molecule has 1 atom stereocenters. The van der Waals surface area contributed by atoms with Crippen LogP contribution in [0.25, 0.3) is 0 Å². The Hall–Kier alpha value is -4.97. The summed E-state index contributed by atoms with van der Waals surface area (Å²) in [6.45, 7) is 6.19. The van der Waals surface area contributed by atoms with Gasteiger partial charge in [-0.1, -0.05) is 275 Å². The number of hydrogen-bond donors (Lipinski definition) is 0. The molecule has 0 aromatic rings. The SMILES string of the molecule is CC/C=C\C/C=C\C/C=C\C/C=C\C/C=C\CCCCCCCCCCCCCCCCCCCC(=O)OCC(COC(=O)CC/C=C\C/C=C\C/C=C\C/C=C\CC)OC(=O)CCCC/C=C\C/C=C\C/C=C\C/C=C\CC. The molecule has 79 heavy (non-hydrogen) atoms. The van der Waals surface area contributed by atoms with Gasteiger partial charge in [0.1, 0.15) is 13.2 Å². The standard InChI is InChI=1S/C73H116O6/c1-4-7-10-13-16-19-22-25-27-28-29-30-31-32-33-34-35-36-37-38-39-40-41-42-43-44-46-48-51-54-57-60-63-66-72(75)78-69-70(68-77-71(74)65-62-59-56-53-50-47-24-21-18-15-12-9-6-3)79-73(76)67-64-61-58-55-52-49-45-26-23-20-17-14-11-8-5-2/h7-12,16-21,25-27,29-30,32-33,45,47,50,52,55-56,59,70H,4-6,13-15,22-24,28,31,34-44,46,48-49,51,53-54,57-58,60-69H2,1-3H3/b10-7-,11-8-,12-9-,19-16-,20-17-,21-18-,27-25-,30-29-,33-32-,45-26-,50-47-,55-52-,59-56-. The average Bonchev–Trinajstić information content (AvgIpc) is 3.45. The van der Waals surface area contributed by atoms with Crippen LogP contribution in [0.2, 0.25) is 0 Å². The molecule has 1 unspecified atom stereocenters. The predicted octanol–water partition coefficient (Wildman–Crippen LogP) is 22.1. The summed E-state index contributed by atoms with van der Waals surface area (Å²) in [6, 6.07) is 0. The van der Waals surface area contributed by atoms with E-state index in [1.807, 2.05) is 12.2 Å². The Morgan fingerprint density at radius 2 is 0.481 bits per heavy atom. The summed E-state index contributed by atoms with van der Waals surface area (Å²) in [6.07, 6.45) is 95.8. The van der Waals surface area contributed by atoms with Crippen molar-refractivity contribution < 1.29 is 28.6 Å². The Morgan fingerprint density at radius 3 is 0.810 bits per heavy atom. The number of unbranched alkanes of at least 4 members (excludes halogenated alkanes) is 19. The lowest BCUT2D eigenvalue weighted by atomic mass is 10.0. The zero-order valence-electron chi connectivity index (χ0n) is 50.8. The maximum absolute atomic E-state index is 12.8. The fourth-order valence-electron chi connectivity index (χ4n) is 8.36. The molecular formula is C73H116O6. The van der Waals surface area contributed by atoms with E-state index < -0.39 is 6.10 Å². The second kappa shape index (κ2) is 65.5. The van der Waals surface area contributed by atoms with Gasteiger partial charge in [-0.05, 0) is 128 Å². The van der Waals surface area contributed by atoms with Crippen LogP contribution in [0.3, 0.4) is 0 Å². The fraction of sp³-hybridized carbons (Fsp3) is 0.603. The third-order valence-electron chi connectivity index (χ3n) is 13.0. The van der Waals surface area contributed by atoms with Gasteiger partial charge < -0.3 is 14.2 Å². The van der Waals surface area contributed by atoms with Crippen LogP contribution in [-0.2, 0) is 28.6 Å². The number of esters is 3. The van der Waals surface area contributed by atoms with Crippen molar-refractivity contribution in [2.75, 3.05) is 13.2 Å². The zero-order valence-corrected chi connectivity index (χ0v) is 50.8. The van der Waals surface area contributed by atoms with E-state index in [1.54, 1.807) is 0 Å². The van der Waals surface area contributed by atoms with Gasteiger partial charge >= 0.3 is 17.9 Å². The average molecular weight is 1090 g/mol. The van der Waals surface area contributed by atoms with Crippen molar-refractivity contribution in [2.24, 2.45) is 0 Å². The van der Waals surface area contributed by atoms with E-state index in [0.29, 0.717) is 19.3 Å². The normalized spacial score (nSPS) is 13.2. The summed E-state index contributed by atoms with van der Waals surface area (Å²) in [4.78, 5) is 38.2. The first-order valence-corrected chi connectivity index (χ1v) is 32.0. The predicted molar refractivity (Wildman–Crippen MR) is 343 cm³/mol. The molecule has 0 aromatic heterocycles. The minimum absolute atomic E-state index is 0.121. The van der Waals surface area contributed by atoms with Gasteiger partial charge in [0, 0.05) is 19.3 Å². The van der Waals surface area contributed by atoms with Gasteiger partial charge in [0.15, 0.2) is 6.10 Å². The Kier molecular flexibility index (Phi) is 61.4. The molecule has 0 aromatic carbocycles. The Balaban J connectivity index is 4.25. The van der Waals surface area contributed by atoms with Crippen LogP contribution in [0.15, 0.2) is 158 Å². The molecule has 6 nitrogen and oxygen atoms in total. The summed E-state index contributed by atoms with van der Waals surface area (Å²) in [7, 11) is 0. The van der Waals surface area contributed by atoms with E-state index in [4.69, 9.17) is 14.2 Å². The summed E-state index contributed by atoms with van der Waals surface area (Å²) < 4.78 is 16.8. The van der Waals surface area contributed by atoms with E-state index in [9.17, 15) is 14.4 Å². The number of rotatable bonds is 56. The minimum Gasteiger partial charge on any atom is -0.462 e. The summed E-state index contributed by atoms with van der Waals surface area (Å²) in [5.41, 5.74) is 0. The van der Waals surface area contributed by atoms with Gasteiger partial charge in [0.05, 0.1) is 0 Å². The molecule has 0 spiro atoms. The van der Waals surface area contributed by atoms with Crippen molar-refractivity contribution in [3.05, 3.63) is 158 Å². The van der Waals surface area contributed by atoms with E-state index in [-0.39, 0.29) is 44.0 Å². The maximum atomic E-state index is 12.8. The molecule has 0 aliphatic rings. The summed E-state index contributed by atoms with van der Waals surface area (Å²) >= 11 is 0. The topological polar surface area (TPSA) is 78.9 Å². The lowest BCUT2D eigenvalue weighted by Gasteiger charge is -2.18. The van der Waals surface area contributed by atoms with Crippen LogP contribution in [0.5, 0.6) is 0 Å². The number of carbonyl (C=O) groups excluding carboxylic acids is 3. The molecule has 6 heteroatoms. The minimum atomic E-state index is -0.834. The molecule has 0 radical (unpaired) electrons. The lowest BCUT2D eigenvalue weighted by molar-refractivity contribution is -0.166. The highest BCUT2D eigenvalue weighted by atomic mass is 16.6. The molecule has 0 amide bonds. The highest BCUT2D eigenvalue weighted by Crippen LogP contribution is 2.16. The number of ether oxygens (including phenoxy) is 3. The molecule has 0 heterocycles. The largest absolute Gasteiger partial charge is 0.462 e. The molecule has 444 valence electrons. The first kappa shape index (κ1) is 74.0. The quantitative estimate of drug-likeness (QED) is 0.0261. The van der Waals surface area contributed by atoms with Crippen molar-refractivity contribution in [3.63, 3.8) is 0 Å². The highest BCUT2D eigenvalue weighted by molar-refractivity contribution is 5.71. The van der Waals surface area contributed by atoms with Crippen molar-refractivity contribution in [2.45, 2.75) is 271 Å². The molecule has 0 fully saturated rings. The second-order valence-electron chi connectivity index (χ2n) is 20.5. The Morgan fingerprint density at radius 1 is 0.253 bits per heavy atom. The van der Waals surface area contributed by atoms with E-state index in [2.05, 4.69) is 167 Å². The molecule has 0 aliphatic carbocycles. The summed E-state index contributed by atoms with van der Waals surface area (Å²) in [5, 5.41) is 0. The van der Waals surface area contributed by atoms with Crippen molar-refractivity contribution >= 4 is 17.9 Å². The fourth-order valence-corrected chi connectivity index (χ4v) is 8.36. The van der Waals surface area contributed by atoms with Gasteiger partial charge in [-0.15, -0.1) is 0 Å². The third kappa shape index (κ3) is 63.7. The van der Waals surface area contributed by atoms with Crippen molar-refractivity contribution in [3.8, 4) is 0 Å². The maximum Gasteiger partial charge on any atom is 0.306 e. The van der Waals surface area contributed by atoms with Gasteiger partial charge in [0.25, 0.3) is 0 Å². The Bertz CT molecular complexity index is 1780. The number of carbonyl (C=O) groups is 3. The van der Waals surface area contributed by atoms with E-state index >= 15 is 0 Å². The second-order valence-corrected chi connectivity index (χ2v) is 20.5. The van der Waals surface area contributed by atoms with Gasteiger partial charge in [0.2, 0.25) is 0 Å². The summed E-state index contributed by atoms with van der Waals surface area (Å²) in [5.74, 6) is -1.05. The molecule has 0 aliphatic heterocycles. The molecule has 0 saturated carbocycles. The zero-order chi connectivity index (χ0) is 57.1. The van der Waals surface area contributed by atoms with Crippen molar-refractivity contribution in [1.82, 2.24) is 0 Å². The lowest BCUT2D eigenvalue weighted by Crippen LogP contribution is -2.30. The number of hydrogen-bond acceptors (Lipinski definition) is 6.